The fourth-order valence-corrected chi connectivity index (χ4v) is 3.25. The van der Waals surface area contributed by atoms with Crippen LogP contribution in [-0.4, -0.2) is 44.1 Å². The molecule has 2 aromatic heterocycles. The predicted octanol–water partition coefficient (Wildman–Crippen LogP) is 2.28. The van der Waals surface area contributed by atoms with Gasteiger partial charge in [-0.1, -0.05) is 0 Å². The van der Waals surface area contributed by atoms with E-state index in [1.165, 1.54) is 38.0 Å². The van der Waals surface area contributed by atoms with Crippen molar-refractivity contribution in [3.63, 3.8) is 0 Å². The third kappa shape index (κ3) is 3.68. The smallest absolute Gasteiger partial charge is 0.416 e. The first-order valence-corrected chi connectivity index (χ1v) is 9.14. The summed E-state index contributed by atoms with van der Waals surface area (Å²) in [4.78, 5) is 42.1. The Morgan fingerprint density at radius 2 is 2.06 bits per heavy atom. The molecule has 10 nitrogen and oxygen atoms in total. The zero-order valence-electron chi connectivity index (χ0n) is 16.4. The van der Waals surface area contributed by atoms with Crippen LogP contribution in [0.2, 0.25) is 0 Å². The maximum absolute atomic E-state index is 13.2. The highest BCUT2D eigenvalue weighted by molar-refractivity contribution is 6.10. The van der Waals surface area contributed by atoms with Crippen molar-refractivity contribution in [1.82, 2.24) is 25.0 Å². The fraction of sp³-hybridized carbons (Fsp3) is 0.211. The molecule has 1 aromatic carbocycles. The lowest BCUT2D eigenvalue weighted by molar-refractivity contribution is -0.137. The molecule has 1 atom stereocenters. The van der Waals surface area contributed by atoms with Crippen LogP contribution in [0.4, 0.5) is 23.7 Å². The largest absolute Gasteiger partial charge is 0.466 e. The van der Waals surface area contributed by atoms with E-state index >= 15 is 0 Å². The van der Waals surface area contributed by atoms with Gasteiger partial charge in [-0.2, -0.15) is 18.3 Å². The van der Waals surface area contributed by atoms with E-state index in [1.807, 2.05) is 0 Å². The third-order valence-electron chi connectivity index (χ3n) is 4.85. The number of amides is 4. The summed E-state index contributed by atoms with van der Waals surface area (Å²) in [6, 6.07) is 4.87. The van der Waals surface area contributed by atoms with Gasteiger partial charge in [0.1, 0.15) is 25.0 Å². The molecule has 0 radical (unpaired) electrons. The number of benzene rings is 1. The van der Waals surface area contributed by atoms with Gasteiger partial charge in [-0.15, -0.1) is 0 Å². The molecule has 32 heavy (non-hydrogen) atoms. The lowest BCUT2D eigenvalue weighted by atomic mass is 9.99. The topological polar surface area (TPSA) is 122 Å². The first-order chi connectivity index (χ1) is 15.1. The SMILES string of the molecule is CC1(c2ccco2)NC(=O)N(CC(=O)Nc2cc(C(F)(F)F)ccc2-n2cncn2)C1=O. The number of urea groups is 1. The number of alkyl halides is 3. The van der Waals surface area contributed by atoms with Gasteiger partial charge in [-0.05, 0) is 37.3 Å². The number of carbonyl (C=O) groups is 3. The summed E-state index contributed by atoms with van der Waals surface area (Å²) >= 11 is 0. The van der Waals surface area contributed by atoms with Crippen LogP contribution >= 0.6 is 0 Å². The lowest BCUT2D eigenvalue weighted by Gasteiger charge is -2.19. The van der Waals surface area contributed by atoms with E-state index < -0.39 is 41.7 Å². The number of rotatable bonds is 5. The van der Waals surface area contributed by atoms with Crippen molar-refractivity contribution in [2.45, 2.75) is 18.6 Å². The maximum atomic E-state index is 13.2. The Kier molecular flexibility index (Phi) is 4.95. The number of hydrogen-bond acceptors (Lipinski definition) is 6. The Balaban J connectivity index is 1.58. The van der Waals surface area contributed by atoms with Crippen LogP contribution in [-0.2, 0) is 21.3 Å². The van der Waals surface area contributed by atoms with Crippen molar-refractivity contribution in [3.05, 3.63) is 60.6 Å². The number of hydrogen-bond donors (Lipinski definition) is 2. The van der Waals surface area contributed by atoms with Crippen molar-refractivity contribution >= 4 is 23.5 Å². The number of nitrogens with zero attached hydrogens (tertiary/aromatic N) is 4. The molecule has 3 heterocycles. The van der Waals surface area contributed by atoms with Gasteiger partial charge in [-0.3, -0.25) is 14.5 Å². The Labute approximate surface area is 178 Å². The van der Waals surface area contributed by atoms with Crippen molar-refractivity contribution < 1.29 is 32.0 Å². The number of furan rings is 1. The van der Waals surface area contributed by atoms with E-state index in [0.717, 1.165) is 22.9 Å². The van der Waals surface area contributed by atoms with E-state index in [-0.39, 0.29) is 17.1 Å². The number of imide groups is 1. The number of halogens is 3. The first-order valence-electron chi connectivity index (χ1n) is 9.14. The molecule has 0 aliphatic carbocycles. The number of nitrogens with one attached hydrogen (secondary N) is 2. The molecule has 1 aliphatic heterocycles. The molecule has 0 bridgehead atoms. The van der Waals surface area contributed by atoms with E-state index in [0.29, 0.717) is 4.90 Å². The molecule has 1 fully saturated rings. The summed E-state index contributed by atoms with van der Waals surface area (Å²) in [5.74, 6) is -1.46. The molecular weight excluding hydrogens is 433 g/mol. The maximum Gasteiger partial charge on any atom is 0.416 e. The Morgan fingerprint density at radius 1 is 1.28 bits per heavy atom. The van der Waals surface area contributed by atoms with Crippen LogP contribution in [0.25, 0.3) is 5.69 Å². The highest BCUT2D eigenvalue weighted by Crippen LogP contribution is 2.33. The minimum atomic E-state index is -4.66. The van der Waals surface area contributed by atoms with E-state index in [4.69, 9.17) is 4.42 Å². The van der Waals surface area contributed by atoms with Crippen LogP contribution in [0.3, 0.4) is 0 Å². The minimum Gasteiger partial charge on any atom is -0.466 e. The van der Waals surface area contributed by atoms with E-state index in [2.05, 4.69) is 20.7 Å². The zero-order chi connectivity index (χ0) is 23.1. The highest BCUT2D eigenvalue weighted by Gasteiger charge is 2.51. The Bertz CT molecular complexity index is 1180. The molecule has 1 unspecified atom stereocenters. The summed E-state index contributed by atoms with van der Waals surface area (Å²) in [6.07, 6.45) is -0.915. The molecule has 1 aliphatic rings. The average Bonchev–Trinajstić information content (AvgIpc) is 3.47. The van der Waals surface area contributed by atoms with Crippen molar-refractivity contribution in [1.29, 1.82) is 0 Å². The quantitative estimate of drug-likeness (QED) is 0.578. The van der Waals surface area contributed by atoms with Crippen LogP contribution in [0.1, 0.15) is 18.2 Å². The summed E-state index contributed by atoms with van der Waals surface area (Å²) < 4.78 is 45.9. The average molecular weight is 448 g/mol. The van der Waals surface area contributed by atoms with Gasteiger partial charge >= 0.3 is 12.2 Å². The van der Waals surface area contributed by atoms with Gasteiger partial charge in [0.25, 0.3) is 5.91 Å². The molecule has 1 saturated heterocycles. The summed E-state index contributed by atoms with van der Waals surface area (Å²) in [5.41, 5.74) is -2.63. The molecule has 166 valence electrons. The van der Waals surface area contributed by atoms with Crippen molar-refractivity contribution in [2.24, 2.45) is 0 Å². The molecule has 0 saturated carbocycles. The van der Waals surface area contributed by atoms with Gasteiger partial charge in [0.05, 0.1) is 23.2 Å². The number of anilines is 1. The predicted molar refractivity (Wildman–Crippen MR) is 101 cm³/mol. The molecule has 4 rings (SSSR count). The Hall–Kier alpha value is -4.16. The molecule has 0 spiro atoms. The fourth-order valence-electron chi connectivity index (χ4n) is 3.25. The second-order valence-electron chi connectivity index (χ2n) is 7.04. The zero-order valence-corrected chi connectivity index (χ0v) is 16.4. The molecule has 4 amide bonds. The van der Waals surface area contributed by atoms with Gasteiger partial charge in [0, 0.05) is 0 Å². The van der Waals surface area contributed by atoms with E-state index in [1.54, 1.807) is 0 Å². The lowest BCUT2D eigenvalue weighted by Crippen LogP contribution is -2.41. The van der Waals surface area contributed by atoms with E-state index in [9.17, 15) is 27.6 Å². The van der Waals surface area contributed by atoms with Crippen LogP contribution in [0.5, 0.6) is 0 Å². The molecule has 2 N–H and O–H groups in total. The normalized spacial score (nSPS) is 18.7. The van der Waals surface area contributed by atoms with Gasteiger partial charge in [-0.25, -0.2) is 14.5 Å². The first kappa shape index (κ1) is 21.1. The summed E-state index contributed by atoms with van der Waals surface area (Å²) in [6.45, 7) is 0.688. The summed E-state index contributed by atoms with van der Waals surface area (Å²) in [7, 11) is 0. The third-order valence-corrected chi connectivity index (χ3v) is 4.85. The molecular formula is C19H15F3N6O4. The second kappa shape index (κ2) is 7.51. The monoisotopic (exact) mass is 448 g/mol. The molecule has 3 aromatic rings. The minimum absolute atomic E-state index is 0.112. The standard InChI is InChI=1S/C19H15F3N6O4/c1-18(14-3-2-6-32-14)16(30)27(17(31)26-18)8-15(29)25-12-7-11(19(20,21)22)4-5-13(12)28-10-23-9-24-28/h2-7,9-10H,8H2,1H3,(H,25,29)(H,26,31). The second-order valence-corrected chi connectivity index (χ2v) is 7.04. The summed E-state index contributed by atoms with van der Waals surface area (Å²) in [5, 5.41) is 8.63. The van der Waals surface area contributed by atoms with Crippen LogP contribution in [0, 0.1) is 0 Å². The van der Waals surface area contributed by atoms with Gasteiger partial charge < -0.3 is 15.1 Å². The van der Waals surface area contributed by atoms with Crippen LogP contribution < -0.4 is 10.6 Å². The van der Waals surface area contributed by atoms with Crippen LogP contribution in [0.15, 0.2) is 53.7 Å². The molecule has 13 heteroatoms. The van der Waals surface area contributed by atoms with Gasteiger partial charge in [0.2, 0.25) is 5.91 Å². The van der Waals surface area contributed by atoms with Crippen molar-refractivity contribution in [2.75, 3.05) is 11.9 Å². The number of carbonyl (C=O) groups excluding carboxylic acids is 3. The van der Waals surface area contributed by atoms with Gasteiger partial charge in [0.15, 0.2) is 5.54 Å². The highest BCUT2D eigenvalue weighted by atomic mass is 19.4. The van der Waals surface area contributed by atoms with Crippen molar-refractivity contribution in [3.8, 4) is 5.69 Å². The number of aromatic nitrogens is 3. The Morgan fingerprint density at radius 3 is 2.69 bits per heavy atom.